The molecule has 3 rings (SSSR count). The van der Waals surface area contributed by atoms with Gasteiger partial charge in [0.1, 0.15) is 5.82 Å². The first-order chi connectivity index (χ1) is 13.3. The van der Waals surface area contributed by atoms with Crippen LogP contribution in [0.3, 0.4) is 0 Å². The number of carbonyl (C=O) groups is 1. The highest BCUT2D eigenvalue weighted by atomic mass is 19.4. The first-order valence-corrected chi connectivity index (χ1v) is 8.70. The van der Waals surface area contributed by atoms with E-state index in [2.05, 4.69) is 15.3 Å². The van der Waals surface area contributed by atoms with Crippen molar-refractivity contribution in [1.82, 2.24) is 14.9 Å². The standard InChI is InChI=1S/C20H19F3N4O/c1-27(13-14-7-3-2-4-8-14)17(28)11-12-24-18-15-9-5-6-10-16(15)25-19(26-18)20(21,22)23/h2-10H,11-13H2,1H3,(H,24,25,26). The fourth-order valence-corrected chi connectivity index (χ4v) is 2.76. The lowest BCUT2D eigenvalue weighted by molar-refractivity contribution is -0.144. The van der Waals surface area contributed by atoms with Crippen LogP contribution in [0.1, 0.15) is 17.8 Å². The van der Waals surface area contributed by atoms with Crippen molar-refractivity contribution in [3.63, 3.8) is 0 Å². The van der Waals surface area contributed by atoms with E-state index in [-0.39, 0.29) is 30.2 Å². The SMILES string of the molecule is CN(Cc1ccccc1)C(=O)CCNc1nc(C(F)(F)F)nc2ccccc12. The number of rotatable bonds is 6. The van der Waals surface area contributed by atoms with E-state index >= 15 is 0 Å². The van der Waals surface area contributed by atoms with Crippen molar-refractivity contribution in [2.75, 3.05) is 18.9 Å². The number of amides is 1. The van der Waals surface area contributed by atoms with Gasteiger partial charge in [-0.15, -0.1) is 0 Å². The number of para-hydroxylation sites is 1. The summed E-state index contributed by atoms with van der Waals surface area (Å²) in [7, 11) is 1.69. The van der Waals surface area contributed by atoms with E-state index in [0.29, 0.717) is 11.9 Å². The van der Waals surface area contributed by atoms with Crippen molar-refractivity contribution in [2.45, 2.75) is 19.1 Å². The minimum Gasteiger partial charge on any atom is -0.369 e. The number of nitrogens with one attached hydrogen (secondary N) is 1. The van der Waals surface area contributed by atoms with Crippen LogP contribution < -0.4 is 5.32 Å². The van der Waals surface area contributed by atoms with Gasteiger partial charge in [-0.05, 0) is 17.7 Å². The van der Waals surface area contributed by atoms with Crippen molar-refractivity contribution in [3.05, 3.63) is 66.0 Å². The van der Waals surface area contributed by atoms with Gasteiger partial charge in [0.15, 0.2) is 0 Å². The molecule has 28 heavy (non-hydrogen) atoms. The van der Waals surface area contributed by atoms with Crippen LogP contribution in [-0.4, -0.2) is 34.4 Å². The van der Waals surface area contributed by atoms with Crippen LogP contribution in [0.15, 0.2) is 54.6 Å². The first-order valence-electron chi connectivity index (χ1n) is 8.70. The Morgan fingerprint density at radius 1 is 1.04 bits per heavy atom. The molecule has 3 aromatic rings. The Bertz CT molecular complexity index is 961. The minimum absolute atomic E-state index is 0.0661. The van der Waals surface area contributed by atoms with E-state index in [4.69, 9.17) is 0 Å². The van der Waals surface area contributed by atoms with Crippen molar-refractivity contribution in [1.29, 1.82) is 0 Å². The monoisotopic (exact) mass is 388 g/mol. The molecule has 8 heteroatoms. The molecule has 146 valence electrons. The van der Waals surface area contributed by atoms with Gasteiger partial charge in [0.2, 0.25) is 11.7 Å². The van der Waals surface area contributed by atoms with Crippen molar-refractivity contribution < 1.29 is 18.0 Å². The number of halogens is 3. The molecule has 0 radical (unpaired) electrons. The maximum absolute atomic E-state index is 13.0. The Balaban J connectivity index is 1.67. The number of aromatic nitrogens is 2. The normalized spacial score (nSPS) is 11.4. The summed E-state index contributed by atoms with van der Waals surface area (Å²) in [6.45, 7) is 0.630. The molecule has 0 atom stereocenters. The van der Waals surface area contributed by atoms with Gasteiger partial charge in [-0.1, -0.05) is 42.5 Å². The summed E-state index contributed by atoms with van der Waals surface area (Å²) in [4.78, 5) is 21.1. The molecule has 0 saturated heterocycles. The molecule has 0 saturated carbocycles. The van der Waals surface area contributed by atoms with Gasteiger partial charge in [0.25, 0.3) is 0 Å². The van der Waals surface area contributed by atoms with Gasteiger partial charge >= 0.3 is 6.18 Å². The van der Waals surface area contributed by atoms with E-state index in [0.717, 1.165) is 5.56 Å². The quantitative estimate of drug-likeness (QED) is 0.691. The van der Waals surface area contributed by atoms with E-state index in [9.17, 15) is 18.0 Å². The fourth-order valence-electron chi connectivity index (χ4n) is 2.76. The fraction of sp³-hybridized carbons (Fsp3) is 0.250. The van der Waals surface area contributed by atoms with Crippen LogP contribution in [0, 0.1) is 0 Å². The van der Waals surface area contributed by atoms with E-state index in [1.54, 1.807) is 30.1 Å². The Kier molecular flexibility index (Phi) is 5.77. The number of hydrogen-bond acceptors (Lipinski definition) is 4. The zero-order valence-corrected chi connectivity index (χ0v) is 15.2. The third-order valence-electron chi connectivity index (χ3n) is 4.18. The minimum atomic E-state index is -4.65. The summed E-state index contributed by atoms with van der Waals surface area (Å²) in [5, 5.41) is 3.32. The highest BCUT2D eigenvalue weighted by Crippen LogP contribution is 2.30. The Morgan fingerprint density at radius 3 is 2.43 bits per heavy atom. The number of nitrogens with zero attached hydrogens (tertiary/aromatic N) is 3. The summed E-state index contributed by atoms with van der Waals surface area (Å²) in [5.41, 5.74) is 1.20. The molecule has 0 aliphatic heterocycles. The molecule has 0 unspecified atom stereocenters. The Morgan fingerprint density at radius 2 is 1.71 bits per heavy atom. The lowest BCUT2D eigenvalue weighted by atomic mass is 10.2. The number of carbonyl (C=O) groups excluding carboxylic acids is 1. The van der Waals surface area contributed by atoms with Gasteiger partial charge in [0, 0.05) is 31.9 Å². The van der Waals surface area contributed by atoms with Crippen LogP contribution in [0.25, 0.3) is 10.9 Å². The molecule has 1 amide bonds. The van der Waals surface area contributed by atoms with Crippen LogP contribution >= 0.6 is 0 Å². The van der Waals surface area contributed by atoms with Crippen molar-refractivity contribution >= 4 is 22.6 Å². The maximum atomic E-state index is 13.0. The Hall–Kier alpha value is -3.16. The summed E-state index contributed by atoms with van der Waals surface area (Å²) in [6, 6.07) is 16.0. The van der Waals surface area contributed by atoms with Gasteiger partial charge in [0.05, 0.1) is 5.52 Å². The Labute approximate surface area is 160 Å². The second-order valence-corrected chi connectivity index (χ2v) is 6.32. The molecule has 0 fully saturated rings. The van der Waals surface area contributed by atoms with Gasteiger partial charge in [-0.25, -0.2) is 9.97 Å². The zero-order chi connectivity index (χ0) is 20.1. The molecule has 1 N–H and O–H groups in total. The lowest BCUT2D eigenvalue weighted by Crippen LogP contribution is -2.28. The zero-order valence-electron chi connectivity index (χ0n) is 15.2. The topological polar surface area (TPSA) is 58.1 Å². The van der Waals surface area contributed by atoms with Gasteiger partial charge < -0.3 is 10.2 Å². The lowest BCUT2D eigenvalue weighted by Gasteiger charge is -2.18. The molecule has 0 spiro atoms. The number of alkyl halides is 3. The molecule has 1 aromatic heterocycles. The third kappa shape index (κ3) is 4.76. The first kappa shape index (κ1) is 19.6. The summed E-state index contributed by atoms with van der Waals surface area (Å²) in [6.07, 6.45) is -4.52. The van der Waals surface area contributed by atoms with Crippen LogP contribution in [0.4, 0.5) is 19.0 Å². The highest BCUT2D eigenvalue weighted by Gasteiger charge is 2.35. The van der Waals surface area contributed by atoms with E-state index in [1.807, 2.05) is 30.3 Å². The predicted molar refractivity (Wildman–Crippen MR) is 101 cm³/mol. The van der Waals surface area contributed by atoms with E-state index < -0.39 is 12.0 Å². The van der Waals surface area contributed by atoms with Crippen LogP contribution in [-0.2, 0) is 17.5 Å². The second kappa shape index (κ2) is 8.24. The molecule has 1 heterocycles. The molecule has 0 aliphatic carbocycles. The van der Waals surface area contributed by atoms with E-state index in [1.165, 1.54) is 6.07 Å². The van der Waals surface area contributed by atoms with Crippen molar-refractivity contribution in [2.24, 2.45) is 0 Å². The van der Waals surface area contributed by atoms with Crippen LogP contribution in [0.5, 0.6) is 0 Å². The van der Waals surface area contributed by atoms with Gasteiger partial charge in [-0.3, -0.25) is 4.79 Å². The third-order valence-corrected chi connectivity index (χ3v) is 4.18. The number of benzene rings is 2. The largest absolute Gasteiger partial charge is 0.451 e. The predicted octanol–water partition coefficient (Wildman–Crippen LogP) is 4.11. The summed E-state index contributed by atoms with van der Waals surface area (Å²) < 4.78 is 39.1. The smallest absolute Gasteiger partial charge is 0.369 e. The summed E-state index contributed by atoms with van der Waals surface area (Å²) in [5.74, 6) is -1.26. The highest BCUT2D eigenvalue weighted by molar-refractivity contribution is 5.89. The molecular formula is C20H19F3N4O. The van der Waals surface area contributed by atoms with Crippen LogP contribution in [0.2, 0.25) is 0 Å². The summed E-state index contributed by atoms with van der Waals surface area (Å²) >= 11 is 0. The molecule has 5 nitrogen and oxygen atoms in total. The molecule has 0 aliphatic rings. The second-order valence-electron chi connectivity index (χ2n) is 6.32. The average Bonchev–Trinajstić information content (AvgIpc) is 2.67. The molecule has 2 aromatic carbocycles. The maximum Gasteiger partial charge on any atom is 0.451 e. The molecule has 0 bridgehead atoms. The molecular weight excluding hydrogens is 369 g/mol. The number of anilines is 1. The number of hydrogen-bond donors (Lipinski definition) is 1. The average molecular weight is 388 g/mol. The number of fused-ring (bicyclic) bond motifs is 1. The van der Waals surface area contributed by atoms with Gasteiger partial charge in [-0.2, -0.15) is 13.2 Å². The van der Waals surface area contributed by atoms with Crippen molar-refractivity contribution in [3.8, 4) is 0 Å².